The smallest absolute Gasteiger partial charge is 0.254 e. The molecule has 0 aliphatic heterocycles. The summed E-state index contributed by atoms with van der Waals surface area (Å²) in [6.07, 6.45) is 3.55. The van der Waals surface area contributed by atoms with Gasteiger partial charge >= 0.3 is 0 Å². The fraction of sp³-hybridized carbons (Fsp3) is 0.143. The first-order valence-electron chi connectivity index (χ1n) is 9.16. The second kappa shape index (κ2) is 8.05. The van der Waals surface area contributed by atoms with Crippen LogP contribution in [0.25, 0.3) is 10.9 Å². The van der Waals surface area contributed by atoms with Crippen molar-refractivity contribution in [1.29, 1.82) is 0 Å². The van der Waals surface area contributed by atoms with Crippen molar-refractivity contribution in [2.45, 2.75) is 13.3 Å². The highest BCUT2D eigenvalue weighted by atomic mass is 19.1. The van der Waals surface area contributed by atoms with Gasteiger partial charge in [-0.15, -0.1) is 0 Å². The molecule has 7 nitrogen and oxygen atoms in total. The molecule has 0 spiro atoms. The molecule has 1 amide bonds. The second-order valence-electron chi connectivity index (χ2n) is 6.55. The molecule has 4 rings (SSSR count). The summed E-state index contributed by atoms with van der Waals surface area (Å²) in [6.45, 7) is 2.53. The quantitative estimate of drug-likeness (QED) is 0.438. The van der Waals surface area contributed by atoms with Crippen molar-refractivity contribution in [2.24, 2.45) is 0 Å². The van der Waals surface area contributed by atoms with Crippen LogP contribution in [0.3, 0.4) is 0 Å². The summed E-state index contributed by atoms with van der Waals surface area (Å²) in [5.41, 5.74) is 3.73. The highest BCUT2D eigenvalue weighted by Gasteiger charge is 2.10. The van der Waals surface area contributed by atoms with Gasteiger partial charge in [-0.2, -0.15) is 4.39 Å². The van der Waals surface area contributed by atoms with Gasteiger partial charge in [0, 0.05) is 35.5 Å². The number of benzene rings is 1. The van der Waals surface area contributed by atoms with Crippen molar-refractivity contribution < 1.29 is 9.18 Å². The van der Waals surface area contributed by atoms with Gasteiger partial charge in [0.1, 0.15) is 5.82 Å². The molecule has 0 atom stereocenters. The predicted molar refractivity (Wildman–Crippen MR) is 109 cm³/mol. The molecule has 0 unspecified atom stereocenters. The van der Waals surface area contributed by atoms with Crippen LogP contribution in [0.15, 0.2) is 54.9 Å². The topological polar surface area (TPSA) is 95.6 Å². The van der Waals surface area contributed by atoms with E-state index in [4.69, 9.17) is 0 Å². The van der Waals surface area contributed by atoms with Gasteiger partial charge in [0.2, 0.25) is 11.9 Å². The Morgan fingerprint density at radius 2 is 1.90 bits per heavy atom. The third-order valence-electron chi connectivity index (χ3n) is 4.56. The third kappa shape index (κ3) is 4.21. The highest BCUT2D eigenvalue weighted by molar-refractivity contribution is 5.93. The molecule has 0 radical (unpaired) electrons. The Morgan fingerprint density at radius 1 is 1.10 bits per heavy atom. The molecule has 0 saturated carbocycles. The minimum Gasteiger partial charge on any atom is -0.358 e. The molecule has 0 aliphatic carbocycles. The number of fused-ring (bicyclic) bond motifs is 1. The maximum Gasteiger partial charge on any atom is 0.254 e. The number of halogens is 1. The average Bonchev–Trinajstić information content (AvgIpc) is 3.04. The monoisotopic (exact) mass is 390 g/mol. The molecule has 29 heavy (non-hydrogen) atoms. The Kier molecular flexibility index (Phi) is 5.15. The van der Waals surface area contributed by atoms with E-state index in [-0.39, 0.29) is 17.7 Å². The van der Waals surface area contributed by atoms with E-state index in [1.807, 2.05) is 25.1 Å². The molecule has 3 aromatic heterocycles. The number of carbonyl (C=O) groups is 1. The minimum absolute atomic E-state index is 0.231. The lowest BCUT2D eigenvalue weighted by Gasteiger charge is -2.07. The zero-order valence-electron chi connectivity index (χ0n) is 15.7. The van der Waals surface area contributed by atoms with Gasteiger partial charge < -0.3 is 15.6 Å². The van der Waals surface area contributed by atoms with E-state index in [2.05, 4.69) is 36.6 Å². The third-order valence-corrected chi connectivity index (χ3v) is 4.56. The first-order valence-corrected chi connectivity index (χ1v) is 9.16. The number of aromatic amines is 1. The number of aryl methyl sites for hydroxylation is 1. The number of pyridine rings is 1. The molecule has 4 aromatic rings. The second-order valence-corrected chi connectivity index (χ2v) is 6.55. The van der Waals surface area contributed by atoms with Crippen LogP contribution in [0.2, 0.25) is 0 Å². The van der Waals surface area contributed by atoms with Crippen molar-refractivity contribution in [3.8, 4) is 0 Å². The molecule has 3 N–H and O–H groups in total. The Morgan fingerprint density at radius 3 is 2.69 bits per heavy atom. The maximum atomic E-state index is 13.1. The molecule has 0 bridgehead atoms. The summed E-state index contributed by atoms with van der Waals surface area (Å²) in [6, 6.07) is 12.5. The Hall–Kier alpha value is -3.81. The van der Waals surface area contributed by atoms with Crippen molar-refractivity contribution in [1.82, 2.24) is 25.3 Å². The molecule has 3 heterocycles. The molecular weight excluding hydrogens is 371 g/mol. The molecule has 8 heteroatoms. The van der Waals surface area contributed by atoms with Crippen molar-refractivity contribution >= 4 is 28.6 Å². The summed E-state index contributed by atoms with van der Waals surface area (Å²) in [5, 5.41) is 6.85. The van der Waals surface area contributed by atoms with Crippen LogP contribution in [-0.4, -0.2) is 32.4 Å². The van der Waals surface area contributed by atoms with Crippen molar-refractivity contribution in [2.75, 3.05) is 11.9 Å². The first-order chi connectivity index (χ1) is 14.1. The van der Waals surface area contributed by atoms with Crippen LogP contribution in [0.1, 0.15) is 21.6 Å². The zero-order chi connectivity index (χ0) is 20.2. The van der Waals surface area contributed by atoms with E-state index < -0.39 is 5.95 Å². The van der Waals surface area contributed by atoms with E-state index in [0.29, 0.717) is 18.5 Å². The SMILES string of the molecule is Cc1[nH]c2ccccc2c1CCNC(=O)c1cnc(Nc2cccc(F)n2)nc1. The summed E-state index contributed by atoms with van der Waals surface area (Å²) >= 11 is 0. The lowest BCUT2D eigenvalue weighted by atomic mass is 10.1. The number of para-hydroxylation sites is 1. The molecule has 0 saturated heterocycles. The van der Waals surface area contributed by atoms with Crippen molar-refractivity contribution in [3.63, 3.8) is 0 Å². The lowest BCUT2D eigenvalue weighted by molar-refractivity contribution is 0.0953. The molecular formula is C21H19FN6O. The number of nitrogens with one attached hydrogen (secondary N) is 3. The van der Waals surface area contributed by atoms with Crippen LogP contribution in [0.4, 0.5) is 16.2 Å². The number of rotatable bonds is 6. The number of anilines is 2. The Labute approximate surface area is 166 Å². The van der Waals surface area contributed by atoms with Gasteiger partial charge in [-0.1, -0.05) is 24.3 Å². The summed E-state index contributed by atoms with van der Waals surface area (Å²) < 4.78 is 13.1. The van der Waals surface area contributed by atoms with Crippen LogP contribution in [0, 0.1) is 12.9 Å². The minimum atomic E-state index is -0.601. The number of aromatic nitrogens is 4. The number of nitrogens with zero attached hydrogens (tertiary/aromatic N) is 3. The number of H-pyrrole nitrogens is 1. The molecule has 146 valence electrons. The summed E-state index contributed by atoms with van der Waals surface area (Å²) in [4.78, 5) is 27.6. The summed E-state index contributed by atoms with van der Waals surface area (Å²) in [7, 11) is 0. The van der Waals surface area contributed by atoms with Gasteiger partial charge in [0.15, 0.2) is 0 Å². The van der Waals surface area contributed by atoms with Gasteiger partial charge in [-0.3, -0.25) is 4.79 Å². The van der Waals surface area contributed by atoms with Crippen LogP contribution in [-0.2, 0) is 6.42 Å². The van der Waals surface area contributed by atoms with Gasteiger partial charge in [0.25, 0.3) is 5.91 Å². The standard InChI is InChI=1S/C21H19FN6O/c1-13-15(16-5-2-3-6-17(16)26-13)9-10-23-20(29)14-11-24-21(25-12-14)28-19-8-4-7-18(22)27-19/h2-8,11-12,26H,9-10H2,1H3,(H,23,29)(H,24,25,27,28). The fourth-order valence-corrected chi connectivity index (χ4v) is 3.16. The fourth-order valence-electron chi connectivity index (χ4n) is 3.16. The summed E-state index contributed by atoms with van der Waals surface area (Å²) in [5.74, 6) is -0.334. The predicted octanol–water partition coefficient (Wildman–Crippen LogP) is 3.52. The van der Waals surface area contributed by atoms with E-state index >= 15 is 0 Å². The molecule has 0 fully saturated rings. The van der Waals surface area contributed by atoms with E-state index in [0.717, 1.165) is 11.2 Å². The van der Waals surface area contributed by atoms with Crippen molar-refractivity contribution in [3.05, 3.63) is 77.6 Å². The van der Waals surface area contributed by atoms with E-state index in [1.54, 1.807) is 6.07 Å². The lowest BCUT2D eigenvalue weighted by Crippen LogP contribution is -2.26. The molecule has 1 aromatic carbocycles. The van der Waals surface area contributed by atoms with E-state index in [1.165, 1.54) is 35.5 Å². The number of hydrogen-bond donors (Lipinski definition) is 3. The molecule has 0 aliphatic rings. The number of hydrogen-bond acceptors (Lipinski definition) is 5. The first kappa shape index (κ1) is 18.5. The average molecular weight is 390 g/mol. The van der Waals surface area contributed by atoms with Crippen LogP contribution >= 0.6 is 0 Å². The van der Waals surface area contributed by atoms with E-state index in [9.17, 15) is 9.18 Å². The maximum absolute atomic E-state index is 13.1. The van der Waals surface area contributed by atoms with Crippen LogP contribution < -0.4 is 10.6 Å². The largest absolute Gasteiger partial charge is 0.358 e. The number of carbonyl (C=O) groups excluding carboxylic acids is 1. The normalized spacial score (nSPS) is 10.8. The Balaban J connectivity index is 1.35. The van der Waals surface area contributed by atoms with Gasteiger partial charge in [0.05, 0.1) is 5.56 Å². The highest BCUT2D eigenvalue weighted by Crippen LogP contribution is 2.22. The Bertz CT molecular complexity index is 1160. The number of amides is 1. The van der Waals surface area contributed by atoms with Gasteiger partial charge in [-0.25, -0.2) is 15.0 Å². The van der Waals surface area contributed by atoms with Crippen LogP contribution in [0.5, 0.6) is 0 Å². The zero-order valence-corrected chi connectivity index (χ0v) is 15.7. The van der Waals surface area contributed by atoms with Gasteiger partial charge in [-0.05, 0) is 37.1 Å².